The Labute approximate surface area is 215 Å². The van der Waals surface area contributed by atoms with E-state index in [2.05, 4.69) is 61.8 Å². The normalized spacial score (nSPS) is 19.7. The summed E-state index contributed by atoms with van der Waals surface area (Å²) in [4.78, 5) is 30.0. The van der Waals surface area contributed by atoms with Crippen molar-refractivity contribution in [1.29, 1.82) is 5.26 Å². The van der Waals surface area contributed by atoms with Crippen LogP contribution in [0.2, 0.25) is 0 Å². The Balaban J connectivity index is 1.50. The molecule has 4 aromatic rings. The molecule has 1 fully saturated rings. The van der Waals surface area contributed by atoms with E-state index in [1.165, 1.54) is 10.3 Å². The van der Waals surface area contributed by atoms with E-state index in [9.17, 15) is 10.1 Å². The zero-order valence-corrected chi connectivity index (χ0v) is 22.4. The van der Waals surface area contributed by atoms with Crippen LogP contribution in [0.3, 0.4) is 0 Å². The molecular weight excluding hydrogens is 470 g/mol. The molecule has 0 amide bonds. The van der Waals surface area contributed by atoms with Gasteiger partial charge in [0.25, 0.3) is 5.56 Å². The summed E-state index contributed by atoms with van der Waals surface area (Å²) in [6.07, 6.45) is 3.96. The van der Waals surface area contributed by atoms with Gasteiger partial charge in [-0.05, 0) is 38.8 Å². The summed E-state index contributed by atoms with van der Waals surface area (Å²) in [6.45, 7) is 10.5. The highest BCUT2D eigenvalue weighted by Crippen LogP contribution is 2.34. The topological polar surface area (TPSA) is 82.5 Å². The molecule has 0 N–H and O–H groups in total. The van der Waals surface area contributed by atoms with Crippen LogP contribution in [0, 0.1) is 18.3 Å². The van der Waals surface area contributed by atoms with Crippen molar-refractivity contribution in [3.8, 4) is 6.07 Å². The van der Waals surface area contributed by atoms with Crippen LogP contribution in [0.25, 0.3) is 15.9 Å². The lowest BCUT2D eigenvalue weighted by Gasteiger charge is -2.49. The van der Waals surface area contributed by atoms with E-state index in [1.54, 1.807) is 39.8 Å². The predicted octanol–water partition coefficient (Wildman–Crippen LogP) is 4.46. The van der Waals surface area contributed by atoms with Crippen LogP contribution in [0.15, 0.2) is 35.3 Å². The van der Waals surface area contributed by atoms with Crippen LogP contribution in [0.4, 0.5) is 5.69 Å². The van der Waals surface area contributed by atoms with E-state index < -0.39 is 0 Å². The van der Waals surface area contributed by atoms with Crippen molar-refractivity contribution in [3.05, 3.63) is 57.1 Å². The van der Waals surface area contributed by atoms with Crippen LogP contribution < -0.4 is 10.5 Å². The predicted molar refractivity (Wildman–Crippen MR) is 145 cm³/mol. The molecule has 4 aromatic heterocycles. The van der Waals surface area contributed by atoms with Crippen molar-refractivity contribution in [2.24, 2.45) is 7.05 Å². The van der Waals surface area contributed by atoms with Gasteiger partial charge in [-0.25, -0.2) is 19.2 Å². The number of nitriles is 1. The molecule has 0 saturated carbocycles. The molecule has 5 rings (SSSR count). The summed E-state index contributed by atoms with van der Waals surface area (Å²) in [6, 6.07) is 11.2. The maximum absolute atomic E-state index is 12.9. The lowest BCUT2D eigenvalue weighted by atomic mass is 9.98. The lowest BCUT2D eigenvalue weighted by Crippen LogP contribution is -2.59. The van der Waals surface area contributed by atoms with Gasteiger partial charge >= 0.3 is 0 Å². The Morgan fingerprint density at radius 1 is 1.17 bits per heavy atom. The number of nitrogens with zero attached hydrogens (tertiary/aromatic N) is 7. The third-order valence-electron chi connectivity index (χ3n) is 7.57. The molecule has 5 heterocycles. The minimum Gasteiger partial charge on any atom is -0.362 e. The summed E-state index contributed by atoms with van der Waals surface area (Å²) in [5.74, 6) is 0. The van der Waals surface area contributed by atoms with Crippen LogP contribution in [-0.4, -0.2) is 49.2 Å². The van der Waals surface area contributed by atoms with Gasteiger partial charge < -0.3 is 4.90 Å². The number of imidazole rings is 1. The third-order valence-corrected chi connectivity index (χ3v) is 8.53. The Bertz CT molecular complexity index is 1510. The Hall–Kier alpha value is -3.22. The summed E-state index contributed by atoms with van der Waals surface area (Å²) in [7, 11) is 1.74. The largest absolute Gasteiger partial charge is 0.362 e. The molecule has 3 atom stereocenters. The number of hydrogen-bond donors (Lipinski definition) is 0. The van der Waals surface area contributed by atoms with Crippen molar-refractivity contribution < 1.29 is 0 Å². The van der Waals surface area contributed by atoms with Crippen LogP contribution >= 0.6 is 11.3 Å². The summed E-state index contributed by atoms with van der Waals surface area (Å²) in [5.41, 5.74) is 3.29. The highest BCUT2D eigenvalue weighted by atomic mass is 32.1. The molecule has 36 heavy (non-hydrogen) atoms. The average Bonchev–Trinajstić information content (AvgIpc) is 3.47. The molecule has 1 aliphatic heterocycles. The first-order valence-electron chi connectivity index (χ1n) is 12.7. The van der Waals surface area contributed by atoms with Crippen molar-refractivity contribution in [1.82, 2.24) is 24.1 Å². The van der Waals surface area contributed by atoms with Gasteiger partial charge in [0, 0.05) is 54.6 Å². The van der Waals surface area contributed by atoms with Crippen molar-refractivity contribution in [2.75, 3.05) is 18.0 Å². The highest BCUT2D eigenvalue weighted by molar-refractivity contribution is 7.18. The average molecular weight is 504 g/mol. The van der Waals surface area contributed by atoms with E-state index in [4.69, 9.17) is 9.97 Å². The Kier molecular flexibility index (Phi) is 6.58. The molecule has 0 aliphatic carbocycles. The molecule has 0 aromatic carbocycles. The number of rotatable bonds is 6. The van der Waals surface area contributed by atoms with Gasteiger partial charge in [-0.3, -0.25) is 9.69 Å². The first-order chi connectivity index (χ1) is 17.3. The SMILES string of the molecule is CC[C@H]1CN(C(C)c2ccc3cc(C)sc3n2)[C@H](CC)CN1c1cc(=O)n(C)n2cc(CC#N)nc12. The summed E-state index contributed by atoms with van der Waals surface area (Å²) >= 11 is 1.75. The second-order valence-corrected chi connectivity index (χ2v) is 11.0. The molecule has 1 saturated heterocycles. The number of piperazine rings is 1. The van der Waals surface area contributed by atoms with E-state index in [-0.39, 0.29) is 24.1 Å². The minimum atomic E-state index is -0.0825. The fourth-order valence-corrected chi connectivity index (χ4v) is 6.38. The smallest absolute Gasteiger partial charge is 0.267 e. The maximum Gasteiger partial charge on any atom is 0.267 e. The number of fused-ring (bicyclic) bond motifs is 2. The van der Waals surface area contributed by atoms with Crippen molar-refractivity contribution >= 4 is 32.9 Å². The van der Waals surface area contributed by atoms with E-state index >= 15 is 0 Å². The van der Waals surface area contributed by atoms with Gasteiger partial charge in [0.15, 0.2) is 5.65 Å². The van der Waals surface area contributed by atoms with E-state index in [0.717, 1.165) is 47.8 Å². The molecule has 0 bridgehead atoms. The quantitative estimate of drug-likeness (QED) is 0.386. The molecule has 9 heteroatoms. The highest BCUT2D eigenvalue weighted by Gasteiger charge is 2.36. The zero-order chi connectivity index (χ0) is 25.6. The van der Waals surface area contributed by atoms with Crippen LogP contribution in [0.5, 0.6) is 0 Å². The second-order valence-electron chi connectivity index (χ2n) is 9.76. The molecular formula is C27H33N7OS. The Morgan fingerprint density at radius 2 is 1.94 bits per heavy atom. The summed E-state index contributed by atoms with van der Waals surface area (Å²) < 4.78 is 3.34. The van der Waals surface area contributed by atoms with Gasteiger partial charge in [-0.1, -0.05) is 19.9 Å². The standard InChI is InChI=1S/C27H33N7OS/c1-6-21-16-33(24-13-25(35)31(5)34-14-20(10-11-28)29-26(24)34)22(7-2)15-32(21)18(4)23-9-8-19-12-17(3)36-27(19)30-23/h8-9,12-14,18,21-22H,6-7,10,15-16H2,1-5H3/t18?,21-,22+/m1/s1. The van der Waals surface area contributed by atoms with Gasteiger partial charge in [-0.2, -0.15) is 5.26 Å². The molecule has 8 nitrogen and oxygen atoms in total. The van der Waals surface area contributed by atoms with E-state index in [0.29, 0.717) is 11.7 Å². The number of pyridine rings is 1. The monoisotopic (exact) mass is 503 g/mol. The number of hydrogen-bond acceptors (Lipinski definition) is 7. The molecule has 188 valence electrons. The lowest BCUT2D eigenvalue weighted by molar-refractivity contribution is 0.0993. The summed E-state index contributed by atoms with van der Waals surface area (Å²) in [5, 5.41) is 10.4. The minimum absolute atomic E-state index is 0.0825. The number of thiophene rings is 1. The Morgan fingerprint density at radius 3 is 2.67 bits per heavy atom. The van der Waals surface area contributed by atoms with Gasteiger partial charge in [0.05, 0.1) is 35.8 Å². The zero-order valence-electron chi connectivity index (χ0n) is 21.6. The van der Waals surface area contributed by atoms with Gasteiger partial charge in [-0.15, -0.1) is 11.3 Å². The first kappa shape index (κ1) is 24.5. The molecule has 1 aliphatic rings. The fourth-order valence-electron chi connectivity index (χ4n) is 5.50. The van der Waals surface area contributed by atoms with Crippen LogP contribution in [-0.2, 0) is 13.5 Å². The molecule has 0 spiro atoms. The number of aromatic nitrogens is 4. The van der Waals surface area contributed by atoms with Gasteiger partial charge in [0.2, 0.25) is 0 Å². The number of anilines is 1. The van der Waals surface area contributed by atoms with Gasteiger partial charge in [0.1, 0.15) is 4.83 Å². The molecule has 0 radical (unpaired) electrons. The second kappa shape index (κ2) is 9.68. The number of aryl methyl sites for hydroxylation is 2. The fraction of sp³-hybridized carbons (Fsp3) is 0.481. The first-order valence-corrected chi connectivity index (χ1v) is 13.5. The van der Waals surface area contributed by atoms with Crippen molar-refractivity contribution in [3.63, 3.8) is 0 Å². The molecule has 1 unspecified atom stereocenters. The third kappa shape index (κ3) is 4.18. The van der Waals surface area contributed by atoms with Crippen molar-refractivity contribution in [2.45, 2.75) is 65.1 Å². The maximum atomic E-state index is 12.9. The van der Waals surface area contributed by atoms with E-state index in [1.807, 2.05) is 0 Å². The van der Waals surface area contributed by atoms with Crippen LogP contribution in [0.1, 0.15) is 55.9 Å².